The van der Waals surface area contributed by atoms with Gasteiger partial charge < -0.3 is 20.9 Å². The number of hydrogen-bond donors (Lipinski definition) is 3. The van der Waals surface area contributed by atoms with Crippen molar-refractivity contribution >= 4 is 5.91 Å². The Morgan fingerprint density at radius 3 is 2.68 bits per heavy atom. The molecule has 0 aliphatic carbocycles. The maximum Gasteiger partial charge on any atom is 0.237 e. The number of benzene rings is 1. The van der Waals surface area contributed by atoms with Crippen LogP contribution in [0, 0.1) is 17.6 Å². The molecule has 0 radical (unpaired) electrons. The van der Waals surface area contributed by atoms with Crippen molar-refractivity contribution in [3.8, 4) is 5.75 Å². The van der Waals surface area contributed by atoms with Crippen LogP contribution in [0.2, 0.25) is 0 Å². The van der Waals surface area contributed by atoms with E-state index in [0.29, 0.717) is 0 Å². The van der Waals surface area contributed by atoms with Crippen molar-refractivity contribution in [2.24, 2.45) is 11.7 Å². The van der Waals surface area contributed by atoms with Crippen molar-refractivity contribution in [2.45, 2.75) is 32.4 Å². The van der Waals surface area contributed by atoms with Gasteiger partial charge in [-0.05, 0) is 18.1 Å². The van der Waals surface area contributed by atoms with E-state index in [2.05, 4.69) is 5.32 Å². The van der Waals surface area contributed by atoms with Gasteiger partial charge in [0.1, 0.15) is 18.5 Å². The number of hydrogen-bond acceptors (Lipinski definition) is 4. The third-order valence-electron chi connectivity index (χ3n) is 3.41. The molecule has 0 aliphatic heterocycles. The molecule has 4 N–H and O–H groups in total. The van der Waals surface area contributed by atoms with Gasteiger partial charge in [0.25, 0.3) is 0 Å². The van der Waals surface area contributed by atoms with Gasteiger partial charge in [-0.3, -0.25) is 4.79 Å². The zero-order valence-electron chi connectivity index (χ0n) is 12.7. The lowest BCUT2D eigenvalue weighted by molar-refractivity contribution is -0.123. The number of amides is 1. The Kier molecular flexibility index (Phi) is 7.20. The van der Waals surface area contributed by atoms with E-state index in [-0.39, 0.29) is 30.7 Å². The predicted octanol–water partition coefficient (Wildman–Crippen LogP) is 1.19. The summed E-state index contributed by atoms with van der Waals surface area (Å²) in [5.41, 5.74) is 5.75. The average molecular weight is 316 g/mol. The normalized spacial score (nSPS) is 15.0. The number of aliphatic hydroxyl groups excluding tert-OH is 1. The molecule has 0 heterocycles. The van der Waals surface area contributed by atoms with Gasteiger partial charge in [0.15, 0.2) is 11.6 Å². The number of nitrogens with two attached hydrogens (primary N) is 1. The van der Waals surface area contributed by atoms with E-state index in [1.807, 2.05) is 13.8 Å². The van der Waals surface area contributed by atoms with Crippen LogP contribution in [0.1, 0.15) is 20.3 Å². The highest BCUT2D eigenvalue weighted by Crippen LogP contribution is 2.15. The zero-order chi connectivity index (χ0) is 16.7. The topological polar surface area (TPSA) is 84.6 Å². The first-order valence-electron chi connectivity index (χ1n) is 7.14. The molecule has 0 aromatic heterocycles. The van der Waals surface area contributed by atoms with E-state index >= 15 is 0 Å². The van der Waals surface area contributed by atoms with Gasteiger partial charge in [-0.15, -0.1) is 0 Å². The second-order valence-electron chi connectivity index (χ2n) is 5.20. The molecule has 22 heavy (non-hydrogen) atoms. The number of halogens is 2. The molecule has 1 amide bonds. The molecule has 7 heteroatoms. The summed E-state index contributed by atoms with van der Waals surface area (Å²) in [6, 6.07) is 2.44. The molecule has 0 spiro atoms. The van der Waals surface area contributed by atoms with Gasteiger partial charge in [0.05, 0.1) is 6.04 Å². The van der Waals surface area contributed by atoms with Crippen molar-refractivity contribution in [1.82, 2.24) is 5.32 Å². The molecule has 0 fully saturated rings. The lowest BCUT2D eigenvalue weighted by Crippen LogP contribution is -2.47. The Balaban J connectivity index is 2.35. The quantitative estimate of drug-likeness (QED) is 0.673. The van der Waals surface area contributed by atoms with Crippen LogP contribution in [0.15, 0.2) is 18.2 Å². The van der Waals surface area contributed by atoms with Crippen molar-refractivity contribution in [3.05, 3.63) is 29.8 Å². The Morgan fingerprint density at radius 1 is 1.41 bits per heavy atom. The molecule has 1 aromatic carbocycles. The van der Waals surface area contributed by atoms with Crippen molar-refractivity contribution in [2.75, 3.05) is 13.2 Å². The monoisotopic (exact) mass is 316 g/mol. The van der Waals surface area contributed by atoms with E-state index in [9.17, 15) is 18.7 Å². The summed E-state index contributed by atoms with van der Waals surface area (Å²) in [5, 5.41) is 12.2. The second kappa shape index (κ2) is 8.65. The number of rotatable bonds is 8. The molecule has 1 rings (SSSR count). The second-order valence-corrected chi connectivity index (χ2v) is 5.20. The molecule has 0 saturated carbocycles. The maximum absolute atomic E-state index is 13.0. The molecule has 124 valence electrons. The third kappa shape index (κ3) is 5.57. The minimum absolute atomic E-state index is 0.0351. The number of carbonyl (C=O) groups is 1. The van der Waals surface area contributed by atoms with E-state index < -0.39 is 23.8 Å². The van der Waals surface area contributed by atoms with Crippen molar-refractivity contribution in [1.29, 1.82) is 0 Å². The first-order chi connectivity index (χ1) is 10.3. The SMILES string of the molecule is CCC(C)C(N)C(=O)NCC(O)COc1ccc(F)c(F)c1. The highest BCUT2D eigenvalue weighted by molar-refractivity contribution is 5.81. The number of aliphatic hydroxyl groups is 1. The summed E-state index contributed by atoms with van der Waals surface area (Å²) in [5.74, 6) is -2.21. The minimum Gasteiger partial charge on any atom is -0.491 e. The van der Waals surface area contributed by atoms with Crippen molar-refractivity contribution in [3.63, 3.8) is 0 Å². The van der Waals surface area contributed by atoms with Gasteiger partial charge in [-0.25, -0.2) is 8.78 Å². The molecular formula is C15H22F2N2O3. The lowest BCUT2D eigenvalue weighted by atomic mass is 9.99. The Bertz CT molecular complexity index is 500. The zero-order valence-corrected chi connectivity index (χ0v) is 12.7. The van der Waals surface area contributed by atoms with Crippen LogP contribution in [-0.2, 0) is 4.79 Å². The van der Waals surface area contributed by atoms with E-state index in [1.165, 1.54) is 6.07 Å². The molecule has 0 aliphatic rings. The summed E-state index contributed by atoms with van der Waals surface area (Å²) >= 11 is 0. The van der Waals surface area contributed by atoms with Crippen molar-refractivity contribution < 1.29 is 23.4 Å². The Morgan fingerprint density at radius 2 is 2.09 bits per heavy atom. The molecular weight excluding hydrogens is 294 g/mol. The van der Waals surface area contributed by atoms with Crippen LogP contribution in [0.4, 0.5) is 8.78 Å². The van der Waals surface area contributed by atoms with Crippen LogP contribution in [0.25, 0.3) is 0 Å². The molecule has 0 saturated heterocycles. The number of nitrogens with one attached hydrogen (secondary N) is 1. The van der Waals surface area contributed by atoms with Crippen LogP contribution < -0.4 is 15.8 Å². The Labute approximate surface area is 128 Å². The molecule has 0 bridgehead atoms. The fourth-order valence-corrected chi connectivity index (χ4v) is 1.67. The van der Waals surface area contributed by atoms with Crippen LogP contribution in [0.3, 0.4) is 0 Å². The summed E-state index contributed by atoms with van der Waals surface area (Å²) in [7, 11) is 0. The fourth-order valence-electron chi connectivity index (χ4n) is 1.67. The van der Waals surface area contributed by atoms with Crippen LogP contribution >= 0.6 is 0 Å². The van der Waals surface area contributed by atoms with Gasteiger partial charge in [-0.1, -0.05) is 20.3 Å². The van der Waals surface area contributed by atoms with Gasteiger partial charge in [-0.2, -0.15) is 0 Å². The van der Waals surface area contributed by atoms with Crippen LogP contribution in [0.5, 0.6) is 5.75 Å². The standard InChI is InChI=1S/C15H22F2N2O3/c1-3-9(2)14(18)15(21)19-7-10(20)8-22-11-4-5-12(16)13(17)6-11/h4-6,9-10,14,20H,3,7-8,18H2,1-2H3,(H,19,21). The highest BCUT2D eigenvalue weighted by Gasteiger charge is 2.19. The smallest absolute Gasteiger partial charge is 0.237 e. The van der Waals surface area contributed by atoms with Gasteiger partial charge >= 0.3 is 0 Å². The largest absolute Gasteiger partial charge is 0.491 e. The summed E-state index contributed by atoms with van der Waals surface area (Å²) < 4.78 is 30.8. The average Bonchev–Trinajstić information content (AvgIpc) is 2.52. The van der Waals surface area contributed by atoms with E-state index in [0.717, 1.165) is 18.6 Å². The molecule has 5 nitrogen and oxygen atoms in total. The van der Waals surface area contributed by atoms with E-state index in [4.69, 9.17) is 10.5 Å². The minimum atomic E-state index is -1.03. The molecule has 3 atom stereocenters. The van der Waals surface area contributed by atoms with E-state index in [1.54, 1.807) is 0 Å². The maximum atomic E-state index is 13.0. The first kappa shape index (κ1) is 18.3. The van der Waals surface area contributed by atoms with Gasteiger partial charge in [0, 0.05) is 12.6 Å². The Hall–Kier alpha value is -1.73. The number of carbonyl (C=O) groups excluding carboxylic acids is 1. The lowest BCUT2D eigenvalue weighted by Gasteiger charge is -2.19. The third-order valence-corrected chi connectivity index (χ3v) is 3.41. The number of ether oxygens (including phenoxy) is 1. The predicted molar refractivity (Wildman–Crippen MR) is 78.3 cm³/mol. The van der Waals surface area contributed by atoms with Gasteiger partial charge in [0.2, 0.25) is 5.91 Å². The highest BCUT2D eigenvalue weighted by atomic mass is 19.2. The summed E-state index contributed by atoms with van der Waals surface area (Å²) in [6.45, 7) is 3.60. The first-order valence-corrected chi connectivity index (χ1v) is 7.14. The fraction of sp³-hybridized carbons (Fsp3) is 0.533. The summed E-state index contributed by atoms with van der Waals surface area (Å²) in [6.07, 6.45) is -0.211. The summed E-state index contributed by atoms with van der Waals surface area (Å²) in [4.78, 5) is 11.7. The molecule has 1 aromatic rings. The van der Waals surface area contributed by atoms with Crippen LogP contribution in [-0.4, -0.2) is 36.3 Å². The molecule has 3 unspecified atom stereocenters.